The number of benzene rings is 1. The van der Waals surface area contributed by atoms with E-state index in [4.69, 9.17) is 0 Å². The second-order valence-corrected chi connectivity index (χ2v) is 8.97. The standard InChI is InChI=1S/C14H23FN2O4S2/c1-3-4-5-11-17(22(2,18)19)12-10-16-23(20,21)14-8-6-13(15)7-9-14/h6-9,16H,3-5,10-12H2,1-2H3. The summed E-state index contributed by atoms with van der Waals surface area (Å²) in [6, 6.07) is 4.44. The Kier molecular flexibility index (Phi) is 7.59. The lowest BCUT2D eigenvalue weighted by Gasteiger charge is -2.20. The van der Waals surface area contributed by atoms with Crippen molar-refractivity contribution in [2.24, 2.45) is 0 Å². The van der Waals surface area contributed by atoms with Crippen LogP contribution in [0.3, 0.4) is 0 Å². The van der Waals surface area contributed by atoms with Gasteiger partial charge in [0.15, 0.2) is 0 Å². The molecule has 0 aliphatic heterocycles. The van der Waals surface area contributed by atoms with Gasteiger partial charge in [0, 0.05) is 19.6 Å². The first kappa shape index (κ1) is 20.0. The van der Waals surface area contributed by atoms with Crippen LogP contribution in [0.25, 0.3) is 0 Å². The van der Waals surface area contributed by atoms with E-state index >= 15 is 0 Å². The Balaban J connectivity index is 2.62. The Morgan fingerprint density at radius 3 is 2.17 bits per heavy atom. The van der Waals surface area contributed by atoms with Crippen LogP contribution in [0.4, 0.5) is 4.39 Å². The van der Waals surface area contributed by atoms with E-state index in [-0.39, 0.29) is 18.0 Å². The van der Waals surface area contributed by atoms with Crippen LogP contribution in [0.5, 0.6) is 0 Å². The first-order chi connectivity index (χ1) is 10.7. The highest BCUT2D eigenvalue weighted by atomic mass is 32.2. The van der Waals surface area contributed by atoms with Crippen molar-refractivity contribution in [1.29, 1.82) is 0 Å². The maximum absolute atomic E-state index is 12.8. The summed E-state index contributed by atoms with van der Waals surface area (Å²) in [4.78, 5) is -0.0595. The molecule has 1 aromatic carbocycles. The predicted molar refractivity (Wildman–Crippen MR) is 87.5 cm³/mol. The molecule has 0 unspecified atom stereocenters. The Morgan fingerprint density at radius 2 is 1.65 bits per heavy atom. The summed E-state index contributed by atoms with van der Waals surface area (Å²) in [7, 11) is -7.17. The topological polar surface area (TPSA) is 83.6 Å². The normalized spacial score (nSPS) is 12.7. The van der Waals surface area contributed by atoms with Crippen molar-refractivity contribution >= 4 is 20.0 Å². The maximum atomic E-state index is 12.8. The quantitative estimate of drug-likeness (QED) is 0.637. The third kappa shape index (κ3) is 6.94. The zero-order valence-corrected chi connectivity index (χ0v) is 15.0. The number of hydrogen-bond donors (Lipinski definition) is 1. The van der Waals surface area contributed by atoms with Gasteiger partial charge in [-0.1, -0.05) is 19.8 Å². The fraction of sp³-hybridized carbons (Fsp3) is 0.571. The fourth-order valence-electron chi connectivity index (χ4n) is 1.98. The van der Waals surface area contributed by atoms with Gasteiger partial charge in [0.25, 0.3) is 0 Å². The molecule has 9 heteroatoms. The summed E-state index contributed by atoms with van der Waals surface area (Å²) >= 11 is 0. The van der Waals surface area contributed by atoms with E-state index in [0.29, 0.717) is 6.54 Å². The number of rotatable bonds is 10. The van der Waals surface area contributed by atoms with Gasteiger partial charge in [-0.2, -0.15) is 0 Å². The van der Waals surface area contributed by atoms with Crippen molar-refractivity contribution in [3.8, 4) is 0 Å². The van der Waals surface area contributed by atoms with Gasteiger partial charge in [0.05, 0.1) is 11.2 Å². The van der Waals surface area contributed by atoms with Crippen molar-refractivity contribution in [3.63, 3.8) is 0 Å². The largest absolute Gasteiger partial charge is 0.240 e. The van der Waals surface area contributed by atoms with Crippen LogP contribution < -0.4 is 4.72 Å². The Labute approximate surface area is 137 Å². The van der Waals surface area contributed by atoms with E-state index in [1.165, 1.54) is 4.31 Å². The van der Waals surface area contributed by atoms with Crippen LogP contribution in [0, 0.1) is 5.82 Å². The number of unbranched alkanes of at least 4 members (excludes halogenated alkanes) is 2. The number of nitrogens with one attached hydrogen (secondary N) is 1. The first-order valence-corrected chi connectivity index (χ1v) is 10.7. The molecule has 0 aliphatic rings. The van der Waals surface area contributed by atoms with Gasteiger partial charge in [-0.25, -0.2) is 30.3 Å². The van der Waals surface area contributed by atoms with Gasteiger partial charge in [-0.05, 0) is 30.7 Å². The second-order valence-electron chi connectivity index (χ2n) is 5.22. The minimum Gasteiger partial charge on any atom is -0.213 e. The van der Waals surface area contributed by atoms with E-state index in [2.05, 4.69) is 4.72 Å². The third-order valence-corrected chi connectivity index (χ3v) is 6.04. The molecule has 1 N–H and O–H groups in total. The molecule has 0 amide bonds. The van der Waals surface area contributed by atoms with E-state index < -0.39 is 25.9 Å². The van der Waals surface area contributed by atoms with Crippen LogP contribution in [-0.4, -0.2) is 47.0 Å². The summed E-state index contributed by atoms with van der Waals surface area (Å²) in [5, 5.41) is 0. The zero-order chi connectivity index (χ0) is 17.5. The zero-order valence-electron chi connectivity index (χ0n) is 13.3. The minimum atomic E-state index is -3.78. The molecule has 0 spiro atoms. The molecule has 1 rings (SSSR count). The highest BCUT2D eigenvalue weighted by molar-refractivity contribution is 7.89. The van der Waals surface area contributed by atoms with E-state index in [1.54, 1.807) is 0 Å². The number of sulfonamides is 2. The van der Waals surface area contributed by atoms with Gasteiger partial charge in [-0.15, -0.1) is 0 Å². The van der Waals surface area contributed by atoms with E-state index in [0.717, 1.165) is 49.8 Å². The fourth-order valence-corrected chi connectivity index (χ4v) is 3.89. The Morgan fingerprint density at radius 1 is 1.04 bits per heavy atom. The van der Waals surface area contributed by atoms with Crippen molar-refractivity contribution in [2.75, 3.05) is 25.9 Å². The third-order valence-electron chi connectivity index (χ3n) is 3.26. The molecule has 0 heterocycles. The van der Waals surface area contributed by atoms with Gasteiger partial charge in [-0.3, -0.25) is 0 Å². The molecule has 23 heavy (non-hydrogen) atoms. The number of hydrogen-bond acceptors (Lipinski definition) is 4. The molecule has 0 radical (unpaired) electrons. The molecule has 1 aromatic rings. The van der Waals surface area contributed by atoms with Gasteiger partial charge < -0.3 is 0 Å². The van der Waals surface area contributed by atoms with Gasteiger partial charge >= 0.3 is 0 Å². The Bertz CT molecular complexity index is 688. The lowest BCUT2D eigenvalue weighted by molar-refractivity contribution is 0.405. The second kappa shape index (κ2) is 8.72. The van der Waals surface area contributed by atoms with E-state index in [9.17, 15) is 21.2 Å². The Hall–Kier alpha value is -1.03. The molecular weight excluding hydrogens is 343 g/mol. The van der Waals surface area contributed by atoms with Crippen LogP contribution >= 0.6 is 0 Å². The number of nitrogens with zero attached hydrogens (tertiary/aromatic N) is 1. The minimum absolute atomic E-state index is 0.0428. The maximum Gasteiger partial charge on any atom is 0.240 e. The average Bonchev–Trinajstić information content (AvgIpc) is 2.45. The molecule has 0 aliphatic carbocycles. The van der Waals surface area contributed by atoms with Crippen molar-refractivity contribution in [3.05, 3.63) is 30.1 Å². The summed E-state index contributed by atoms with van der Waals surface area (Å²) in [6.07, 6.45) is 3.71. The van der Waals surface area contributed by atoms with Crippen LogP contribution in [0.1, 0.15) is 26.2 Å². The summed E-state index contributed by atoms with van der Waals surface area (Å²) in [5.74, 6) is -0.525. The molecule has 132 valence electrons. The van der Waals surface area contributed by atoms with E-state index in [1.807, 2.05) is 6.92 Å². The van der Waals surface area contributed by atoms with Gasteiger partial charge in [0.1, 0.15) is 5.82 Å². The predicted octanol–water partition coefficient (Wildman–Crippen LogP) is 1.56. The molecular formula is C14H23FN2O4S2. The van der Waals surface area contributed by atoms with Crippen LogP contribution in [0.15, 0.2) is 29.2 Å². The van der Waals surface area contributed by atoms with Crippen molar-refractivity contribution < 1.29 is 21.2 Å². The van der Waals surface area contributed by atoms with Gasteiger partial charge in [0.2, 0.25) is 20.0 Å². The highest BCUT2D eigenvalue weighted by Gasteiger charge is 2.18. The molecule has 0 atom stereocenters. The smallest absolute Gasteiger partial charge is 0.213 e. The molecule has 0 fully saturated rings. The lowest BCUT2D eigenvalue weighted by atomic mass is 10.2. The monoisotopic (exact) mass is 366 g/mol. The molecule has 6 nitrogen and oxygen atoms in total. The SMILES string of the molecule is CCCCCN(CCNS(=O)(=O)c1ccc(F)cc1)S(C)(=O)=O. The summed E-state index contributed by atoms with van der Waals surface area (Å²) in [6.45, 7) is 2.40. The molecule has 0 aromatic heterocycles. The summed E-state index contributed by atoms with van der Waals surface area (Å²) in [5.41, 5.74) is 0. The van der Waals surface area contributed by atoms with Crippen molar-refractivity contribution in [1.82, 2.24) is 9.03 Å². The van der Waals surface area contributed by atoms with Crippen molar-refractivity contribution in [2.45, 2.75) is 31.1 Å². The first-order valence-electron chi connectivity index (χ1n) is 7.37. The average molecular weight is 366 g/mol. The van der Waals surface area contributed by atoms with Crippen LogP contribution in [0.2, 0.25) is 0 Å². The lowest BCUT2D eigenvalue weighted by Crippen LogP contribution is -2.38. The highest BCUT2D eigenvalue weighted by Crippen LogP contribution is 2.09. The summed E-state index contributed by atoms with van der Waals surface area (Å²) < 4.78 is 63.9. The number of halogens is 1. The van der Waals surface area contributed by atoms with Crippen LogP contribution in [-0.2, 0) is 20.0 Å². The molecule has 0 saturated carbocycles. The molecule has 0 saturated heterocycles. The molecule has 0 bridgehead atoms.